The van der Waals surface area contributed by atoms with Gasteiger partial charge in [0.2, 0.25) is 0 Å². The number of aromatic nitrogens is 2. The molecule has 0 aromatic carbocycles. The molecule has 1 saturated heterocycles. The molecule has 0 radical (unpaired) electrons. The van der Waals surface area contributed by atoms with Crippen LogP contribution in [0.1, 0.15) is 40.0 Å². The molecule has 1 amide bonds. The first-order valence-corrected chi connectivity index (χ1v) is 9.45. The number of rotatable bonds is 6. The summed E-state index contributed by atoms with van der Waals surface area (Å²) >= 11 is 1.60. The molecule has 1 N–H and O–H groups in total. The molecule has 25 heavy (non-hydrogen) atoms. The number of likely N-dealkylation sites (tertiary alicyclic amines) is 1. The van der Waals surface area contributed by atoms with Gasteiger partial charge in [-0.25, -0.2) is 9.37 Å². The number of pyridine rings is 1. The minimum Gasteiger partial charge on any atom is -0.350 e. The molecular weight excluding hydrogens is 339 g/mol. The number of nitrogens with one attached hydrogen (secondary N) is 1. The second-order valence-electron chi connectivity index (χ2n) is 6.37. The lowest BCUT2D eigenvalue weighted by molar-refractivity contribution is 0.0938. The SMILES string of the molecule is CCc1cnccc1C(=O)NC[C@@H]1C[C@H](F)CN1Cc1csc(C)n1. The fourth-order valence-electron chi connectivity index (χ4n) is 3.25. The van der Waals surface area contributed by atoms with Crippen LogP contribution < -0.4 is 5.32 Å². The maximum absolute atomic E-state index is 13.9. The molecule has 2 atom stereocenters. The van der Waals surface area contributed by atoms with Crippen molar-refractivity contribution in [1.82, 2.24) is 20.2 Å². The van der Waals surface area contributed by atoms with Gasteiger partial charge in [-0.1, -0.05) is 6.92 Å². The molecule has 5 nitrogen and oxygen atoms in total. The number of alkyl halides is 1. The number of nitrogens with zero attached hydrogens (tertiary/aromatic N) is 3. The third-order valence-electron chi connectivity index (χ3n) is 4.54. The van der Waals surface area contributed by atoms with Gasteiger partial charge in [0.15, 0.2) is 0 Å². The van der Waals surface area contributed by atoms with E-state index in [1.54, 1.807) is 29.8 Å². The second-order valence-corrected chi connectivity index (χ2v) is 7.43. The molecule has 0 spiro atoms. The van der Waals surface area contributed by atoms with E-state index < -0.39 is 6.17 Å². The summed E-state index contributed by atoms with van der Waals surface area (Å²) in [6.07, 6.45) is 3.69. The quantitative estimate of drug-likeness (QED) is 0.858. The lowest BCUT2D eigenvalue weighted by Gasteiger charge is -2.23. The van der Waals surface area contributed by atoms with E-state index in [-0.39, 0.29) is 11.9 Å². The van der Waals surface area contributed by atoms with Crippen LogP contribution in [0.5, 0.6) is 0 Å². The average Bonchev–Trinajstić information content (AvgIpc) is 3.18. The molecule has 0 bridgehead atoms. The number of carbonyl (C=O) groups excluding carboxylic acids is 1. The summed E-state index contributed by atoms with van der Waals surface area (Å²) in [5.74, 6) is -0.119. The maximum Gasteiger partial charge on any atom is 0.251 e. The van der Waals surface area contributed by atoms with Gasteiger partial charge in [0.1, 0.15) is 6.17 Å². The molecule has 1 aliphatic heterocycles. The minimum absolute atomic E-state index is 0.00660. The third kappa shape index (κ3) is 4.41. The van der Waals surface area contributed by atoms with E-state index in [0.717, 1.165) is 22.7 Å². The van der Waals surface area contributed by atoms with E-state index in [0.29, 0.717) is 31.6 Å². The first kappa shape index (κ1) is 17.9. The van der Waals surface area contributed by atoms with Gasteiger partial charge in [0.05, 0.1) is 10.7 Å². The zero-order valence-corrected chi connectivity index (χ0v) is 15.4. The monoisotopic (exact) mass is 362 g/mol. The van der Waals surface area contributed by atoms with Gasteiger partial charge in [-0.3, -0.25) is 14.7 Å². The Labute approximate surface area is 151 Å². The van der Waals surface area contributed by atoms with Crippen LogP contribution in [0.2, 0.25) is 0 Å². The zero-order valence-electron chi connectivity index (χ0n) is 14.5. The van der Waals surface area contributed by atoms with E-state index >= 15 is 0 Å². The second kappa shape index (κ2) is 8.01. The van der Waals surface area contributed by atoms with Crippen molar-refractivity contribution < 1.29 is 9.18 Å². The molecule has 0 unspecified atom stereocenters. The molecule has 7 heteroatoms. The average molecular weight is 362 g/mol. The van der Waals surface area contributed by atoms with Crippen molar-refractivity contribution >= 4 is 17.2 Å². The molecule has 0 saturated carbocycles. The Balaban J connectivity index is 1.61. The predicted octanol–water partition coefficient (Wildman–Crippen LogP) is 2.75. The van der Waals surface area contributed by atoms with Crippen molar-refractivity contribution in [1.29, 1.82) is 0 Å². The summed E-state index contributed by atoms with van der Waals surface area (Å²) in [7, 11) is 0. The van der Waals surface area contributed by atoms with Gasteiger partial charge in [-0.05, 0) is 31.4 Å². The summed E-state index contributed by atoms with van der Waals surface area (Å²) in [6.45, 7) is 5.42. The number of carbonyl (C=O) groups is 1. The molecule has 2 aromatic heterocycles. The number of aryl methyl sites for hydroxylation is 2. The Hall–Kier alpha value is -1.86. The number of hydrogen-bond acceptors (Lipinski definition) is 5. The molecule has 134 valence electrons. The Morgan fingerprint density at radius 1 is 1.52 bits per heavy atom. The van der Waals surface area contributed by atoms with Crippen molar-refractivity contribution in [2.75, 3.05) is 13.1 Å². The molecule has 2 aromatic rings. The molecule has 1 fully saturated rings. The highest BCUT2D eigenvalue weighted by Crippen LogP contribution is 2.23. The maximum atomic E-state index is 13.9. The Bertz CT molecular complexity index is 735. The van der Waals surface area contributed by atoms with Crippen LogP contribution in [0, 0.1) is 6.92 Å². The normalized spacial score (nSPS) is 20.8. The highest BCUT2D eigenvalue weighted by molar-refractivity contribution is 7.09. The summed E-state index contributed by atoms with van der Waals surface area (Å²) in [5.41, 5.74) is 2.54. The van der Waals surface area contributed by atoms with Crippen LogP contribution in [0.15, 0.2) is 23.8 Å². The van der Waals surface area contributed by atoms with E-state index in [1.807, 2.05) is 19.2 Å². The van der Waals surface area contributed by atoms with E-state index in [2.05, 4.69) is 20.2 Å². The number of hydrogen-bond donors (Lipinski definition) is 1. The molecular formula is C18H23FN4OS. The van der Waals surface area contributed by atoms with Gasteiger partial charge in [-0.2, -0.15) is 0 Å². The third-order valence-corrected chi connectivity index (χ3v) is 5.36. The lowest BCUT2D eigenvalue weighted by Crippen LogP contribution is -2.40. The number of halogens is 1. The van der Waals surface area contributed by atoms with Crippen molar-refractivity contribution in [2.45, 2.75) is 45.4 Å². The number of amides is 1. The lowest BCUT2D eigenvalue weighted by atomic mass is 10.1. The first-order chi connectivity index (χ1) is 12.1. The fraction of sp³-hybridized carbons (Fsp3) is 0.500. The van der Waals surface area contributed by atoms with Gasteiger partial charge < -0.3 is 5.32 Å². The highest BCUT2D eigenvalue weighted by atomic mass is 32.1. The summed E-state index contributed by atoms with van der Waals surface area (Å²) in [5, 5.41) is 5.99. The van der Waals surface area contributed by atoms with Crippen LogP contribution in [0.3, 0.4) is 0 Å². The fourth-order valence-corrected chi connectivity index (χ4v) is 3.86. The summed E-state index contributed by atoms with van der Waals surface area (Å²) < 4.78 is 13.9. The van der Waals surface area contributed by atoms with Crippen LogP contribution in [-0.4, -0.2) is 46.1 Å². The van der Waals surface area contributed by atoms with Crippen molar-refractivity contribution in [3.8, 4) is 0 Å². The van der Waals surface area contributed by atoms with Crippen LogP contribution >= 0.6 is 11.3 Å². The molecule has 0 aliphatic carbocycles. The van der Waals surface area contributed by atoms with Crippen LogP contribution in [-0.2, 0) is 13.0 Å². The van der Waals surface area contributed by atoms with Gasteiger partial charge >= 0.3 is 0 Å². The van der Waals surface area contributed by atoms with Gasteiger partial charge in [0, 0.05) is 49.0 Å². The first-order valence-electron chi connectivity index (χ1n) is 8.57. The van der Waals surface area contributed by atoms with Gasteiger partial charge in [-0.15, -0.1) is 11.3 Å². The van der Waals surface area contributed by atoms with Crippen LogP contribution in [0.25, 0.3) is 0 Å². The standard InChI is InChI=1S/C18H23FN4OS/c1-3-13-7-20-5-4-17(13)18(24)21-8-16-6-14(19)9-23(16)10-15-11-25-12(2)22-15/h4-5,7,11,14,16H,3,6,8-10H2,1-2H3,(H,21,24)/t14-,16-/m0/s1. The minimum atomic E-state index is -0.853. The summed E-state index contributed by atoms with van der Waals surface area (Å²) in [6, 6.07) is 1.73. The van der Waals surface area contributed by atoms with Crippen molar-refractivity contribution in [2.24, 2.45) is 0 Å². The Morgan fingerprint density at radius 3 is 3.08 bits per heavy atom. The largest absolute Gasteiger partial charge is 0.350 e. The Kier molecular flexibility index (Phi) is 5.75. The smallest absolute Gasteiger partial charge is 0.251 e. The predicted molar refractivity (Wildman–Crippen MR) is 96.5 cm³/mol. The highest BCUT2D eigenvalue weighted by Gasteiger charge is 2.32. The van der Waals surface area contributed by atoms with E-state index in [1.165, 1.54) is 0 Å². The van der Waals surface area contributed by atoms with Crippen LogP contribution in [0.4, 0.5) is 4.39 Å². The number of thiazole rings is 1. The zero-order chi connectivity index (χ0) is 17.8. The molecule has 3 rings (SSSR count). The van der Waals surface area contributed by atoms with E-state index in [9.17, 15) is 9.18 Å². The Morgan fingerprint density at radius 2 is 2.36 bits per heavy atom. The van der Waals surface area contributed by atoms with E-state index in [4.69, 9.17) is 0 Å². The summed E-state index contributed by atoms with van der Waals surface area (Å²) in [4.78, 5) is 23.1. The molecule has 3 heterocycles. The topological polar surface area (TPSA) is 58.1 Å². The molecule has 1 aliphatic rings. The van der Waals surface area contributed by atoms with Gasteiger partial charge in [0.25, 0.3) is 5.91 Å². The van der Waals surface area contributed by atoms with Crippen molar-refractivity contribution in [3.05, 3.63) is 45.7 Å². The van der Waals surface area contributed by atoms with Crippen molar-refractivity contribution in [3.63, 3.8) is 0 Å².